The molecule has 2 rings (SSSR count). The van der Waals surface area contributed by atoms with Gasteiger partial charge in [-0.2, -0.15) is 0 Å². The molecular formula is C16H18N2. The Balaban J connectivity index is 2.20. The van der Waals surface area contributed by atoms with Crippen molar-refractivity contribution in [1.29, 1.82) is 0 Å². The standard InChI is InChI=1S/C16H18N2/c1-4-15(12(2)3)18-11-14-8-5-7-13-9-6-10-17-16(13)14/h1,5-10,12,15,18H,11H2,2-3H3. The summed E-state index contributed by atoms with van der Waals surface area (Å²) in [4.78, 5) is 4.44. The van der Waals surface area contributed by atoms with Crippen molar-refractivity contribution in [2.24, 2.45) is 5.92 Å². The minimum Gasteiger partial charge on any atom is -0.299 e. The van der Waals surface area contributed by atoms with Crippen LogP contribution in [-0.2, 0) is 6.54 Å². The summed E-state index contributed by atoms with van der Waals surface area (Å²) in [6.07, 6.45) is 7.35. The second-order valence-corrected chi connectivity index (χ2v) is 4.76. The molecule has 2 nitrogen and oxygen atoms in total. The molecule has 0 bridgehead atoms. The molecule has 1 aromatic carbocycles. The molecule has 0 amide bonds. The molecule has 0 aliphatic heterocycles. The van der Waals surface area contributed by atoms with Crippen molar-refractivity contribution >= 4 is 10.9 Å². The first-order valence-corrected chi connectivity index (χ1v) is 6.24. The highest BCUT2D eigenvalue weighted by atomic mass is 14.9. The molecular weight excluding hydrogens is 220 g/mol. The molecule has 0 saturated carbocycles. The molecule has 0 aliphatic rings. The van der Waals surface area contributed by atoms with Crippen LogP contribution < -0.4 is 5.32 Å². The van der Waals surface area contributed by atoms with E-state index in [1.54, 1.807) is 0 Å². The third-order valence-corrected chi connectivity index (χ3v) is 3.07. The van der Waals surface area contributed by atoms with Crippen molar-refractivity contribution < 1.29 is 0 Å². The highest BCUT2D eigenvalue weighted by molar-refractivity contribution is 5.81. The largest absolute Gasteiger partial charge is 0.299 e. The minimum absolute atomic E-state index is 0.101. The van der Waals surface area contributed by atoms with Crippen LogP contribution in [0.15, 0.2) is 36.5 Å². The lowest BCUT2D eigenvalue weighted by Crippen LogP contribution is -2.31. The zero-order valence-electron chi connectivity index (χ0n) is 10.9. The number of benzene rings is 1. The number of hydrogen-bond acceptors (Lipinski definition) is 2. The van der Waals surface area contributed by atoms with E-state index in [9.17, 15) is 0 Å². The first-order valence-electron chi connectivity index (χ1n) is 6.24. The number of aromatic nitrogens is 1. The molecule has 1 aromatic heterocycles. The predicted molar refractivity (Wildman–Crippen MR) is 76.0 cm³/mol. The normalized spacial score (nSPS) is 12.6. The van der Waals surface area contributed by atoms with Gasteiger partial charge in [-0.25, -0.2) is 0 Å². The number of fused-ring (bicyclic) bond motifs is 1. The summed E-state index contributed by atoms with van der Waals surface area (Å²) in [5.41, 5.74) is 2.24. The Bertz CT molecular complexity index is 561. The predicted octanol–water partition coefficient (Wildman–Crippen LogP) is 2.98. The van der Waals surface area contributed by atoms with Crippen LogP contribution in [0.3, 0.4) is 0 Å². The van der Waals surface area contributed by atoms with E-state index in [4.69, 9.17) is 6.42 Å². The van der Waals surface area contributed by atoms with Gasteiger partial charge in [0.1, 0.15) is 0 Å². The van der Waals surface area contributed by atoms with Crippen molar-refractivity contribution in [2.75, 3.05) is 0 Å². The lowest BCUT2D eigenvalue weighted by atomic mass is 10.0. The molecule has 0 aliphatic carbocycles. The van der Waals surface area contributed by atoms with Crippen molar-refractivity contribution in [1.82, 2.24) is 10.3 Å². The van der Waals surface area contributed by atoms with Crippen LogP contribution in [0.25, 0.3) is 10.9 Å². The molecule has 1 unspecified atom stereocenters. The van der Waals surface area contributed by atoms with Gasteiger partial charge in [0.25, 0.3) is 0 Å². The number of hydrogen-bond donors (Lipinski definition) is 1. The number of rotatable bonds is 4. The lowest BCUT2D eigenvalue weighted by molar-refractivity contribution is 0.476. The SMILES string of the molecule is C#CC(NCc1cccc2cccnc12)C(C)C. The van der Waals surface area contributed by atoms with Crippen LogP contribution >= 0.6 is 0 Å². The van der Waals surface area contributed by atoms with E-state index in [1.807, 2.05) is 12.3 Å². The summed E-state index contributed by atoms with van der Waals surface area (Å²) >= 11 is 0. The van der Waals surface area contributed by atoms with Gasteiger partial charge in [-0.05, 0) is 17.5 Å². The summed E-state index contributed by atoms with van der Waals surface area (Å²) < 4.78 is 0. The molecule has 2 heteroatoms. The molecule has 0 fully saturated rings. The maximum atomic E-state index is 5.52. The van der Waals surface area contributed by atoms with Crippen molar-refractivity contribution in [2.45, 2.75) is 26.4 Å². The smallest absolute Gasteiger partial charge is 0.0746 e. The minimum atomic E-state index is 0.101. The maximum Gasteiger partial charge on any atom is 0.0746 e. The molecule has 1 atom stereocenters. The van der Waals surface area contributed by atoms with Crippen LogP contribution in [0.1, 0.15) is 19.4 Å². The second kappa shape index (κ2) is 5.66. The number of terminal acetylenes is 1. The van der Waals surface area contributed by atoms with Crippen molar-refractivity contribution in [3.8, 4) is 12.3 Å². The summed E-state index contributed by atoms with van der Waals surface area (Å²) in [6, 6.07) is 10.4. The van der Waals surface area contributed by atoms with Crippen LogP contribution in [-0.4, -0.2) is 11.0 Å². The highest BCUT2D eigenvalue weighted by Gasteiger charge is 2.10. The first kappa shape index (κ1) is 12.6. The quantitative estimate of drug-likeness (QED) is 0.828. The van der Waals surface area contributed by atoms with Gasteiger partial charge in [-0.15, -0.1) is 6.42 Å². The van der Waals surface area contributed by atoms with E-state index in [1.165, 1.54) is 10.9 Å². The van der Waals surface area contributed by atoms with E-state index >= 15 is 0 Å². The fourth-order valence-electron chi connectivity index (χ4n) is 2.02. The molecule has 1 heterocycles. The third kappa shape index (κ3) is 2.69. The Labute approximate surface area is 108 Å². The molecule has 0 radical (unpaired) electrons. The van der Waals surface area contributed by atoms with Crippen molar-refractivity contribution in [3.63, 3.8) is 0 Å². The summed E-state index contributed by atoms with van der Waals surface area (Å²) in [6.45, 7) is 5.00. The first-order chi connectivity index (χ1) is 8.72. The maximum absolute atomic E-state index is 5.52. The molecule has 0 saturated heterocycles. The van der Waals surface area contributed by atoms with Crippen LogP contribution in [0.4, 0.5) is 0 Å². The van der Waals surface area contributed by atoms with E-state index in [-0.39, 0.29) is 6.04 Å². The zero-order valence-corrected chi connectivity index (χ0v) is 10.9. The van der Waals surface area contributed by atoms with E-state index in [2.05, 4.69) is 54.3 Å². The Morgan fingerprint density at radius 3 is 2.78 bits per heavy atom. The zero-order chi connectivity index (χ0) is 13.0. The summed E-state index contributed by atoms with van der Waals surface area (Å²) in [5, 5.41) is 4.57. The highest BCUT2D eigenvalue weighted by Crippen LogP contribution is 2.16. The van der Waals surface area contributed by atoms with Gasteiger partial charge in [0.2, 0.25) is 0 Å². The van der Waals surface area contributed by atoms with Crippen LogP contribution in [0.2, 0.25) is 0 Å². The van der Waals surface area contributed by atoms with Gasteiger partial charge < -0.3 is 0 Å². The Hall–Kier alpha value is -1.85. The fourth-order valence-corrected chi connectivity index (χ4v) is 2.02. The average Bonchev–Trinajstić information content (AvgIpc) is 2.39. The van der Waals surface area contributed by atoms with Gasteiger partial charge in [0.15, 0.2) is 0 Å². The topological polar surface area (TPSA) is 24.9 Å². The van der Waals surface area contributed by atoms with E-state index in [0.717, 1.165) is 12.1 Å². The van der Waals surface area contributed by atoms with Gasteiger partial charge in [0.05, 0.1) is 11.6 Å². The number of pyridine rings is 1. The lowest BCUT2D eigenvalue weighted by Gasteiger charge is -2.17. The van der Waals surface area contributed by atoms with E-state index in [0.29, 0.717) is 5.92 Å². The fraction of sp³-hybridized carbons (Fsp3) is 0.312. The van der Waals surface area contributed by atoms with Crippen molar-refractivity contribution in [3.05, 3.63) is 42.1 Å². The van der Waals surface area contributed by atoms with Crippen LogP contribution in [0.5, 0.6) is 0 Å². The van der Waals surface area contributed by atoms with Gasteiger partial charge in [-0.1, -0.05) is 44.0 Å². The second-order valence-electron chi connectivity index (χ2n) is 4.76. The van der Waals surface area contributed by atoms with Gasteiger partial charge >= 0.3 is 0 Å². The molecule has 0 spiro atoms. The van der Waals surface area contributed by atoms with Gasteiger partial charge in [-0.3, -0.25) is 10.3 Å². The third-order valence-electron chi connectivity index (χ3n) is 3.07. The number of nitrogens with zero attached hydrogens (tertiary/aromatic N) is 1. The molecule has 92 valence electrons. The summed E-state index contributed by atoms with van der Waals surface area (Å²) in [7, 11) is 0. The van der Waals surface area contributed by atoms with E-state index < -0.39 is 0 Å². The Morgan fingerprint density at radius 1 is 1.28 bits per heavy atom. The molecule has 2 aromatic rings. The Kier molecular flexibility index (Phi) is 3.96. The average molecular weight is 238 g/mol. The van der Waals surface area contributed by atoms with Crippen LogP contribution in [0, 0.1) is 18.3 Å². The molecule has 18 heavy (non-hydrogen) atoms. The number of nitrogens with one attached hydrogen (secondary N) is 1. The number of para-hydroxylation sites is 1. The van der Waals surface area contributed by atoms with Gasteiger partial charge in [0, 0.05) is 18.1 Å². The summed E-state index contributed by atoms with van der Waals surface area (Å²) in [5.74, 6) is 3.22. The molecule has 1 N–H and O–H groups in total. The Morgan fingerprint density at radius 2 is 2.06 bits per heavy atom. The monoisotopic (exact) mass is 238 g/mol.